The monoisotopic (exact) mass is 282 g/mol. The average Bonchev–Trinajstić information content (AvgIpc) is 2.56. The predicted octanol–water partition coefficient (Wildman–Crippen LogP) is 2.59. The Kier molecular flexibility index (Phi) is 3.71. The van der Waals surface area contributed by atoms with Gasteiger partial charge < -0.3 is 10.5 Å². The molecule has 0 aliphatic carbocycles. The Balaban J connectivity index is 2.08. The van der Waals surface area contributed by atoms with Gasteiger partial charge in [0.2, 0.25) is 0 Å². The Labute approximate surface area is 124 Å². The third-order valence-electron chi connectivity index (χ3n) is 4.21. The molecular formula is C17H18N2O2. The lowest BCUT2D eigenvalue weighted by atomic mass is 9.69. The van der Waals surface area contributed by atoms with Crippen LogP contribution in [-0.4, -0.2) is 24.0 Å². The first kappa shape index (κ1) is 13.8. The summed E-state index contributed by atoms with van der Waals surface area (Å²) in [5, 5.41) is 0. The smallest absolute Gasteiger partial charge is 0.177 e. The number of anilines is 1. The minimum absolute atomic E-state index is 0.0441. The van der Waals surface area contributed by atoms with Crippen LogP contribution in [0.2, 0.25) is 0 Å². The fourth-order valence-corrected chi connectivity index (χ4v) is 2.98. The molecule has 0 atom stereocenters. The summed E-state index contributed by atoms with van der Waals surface area (Å²) in [5.41, 5.74) is 7.43. The Morgan fingerprint density at radius 3 is 2.52 bits per heavy atom. The van der Waals surface area contributed by atoms with Crippen molar-refractivity contribution in [3.63, 3.8) is 0 Å². The second-order valence-corrected chi connectivity index (χ2v) is 5.35. The van der Waals surface area contributed by atoms with Crippen LogP contribution >= 0.6 is 0 Å². The van der Waals surface area contributed by atoms with E-state index in [2.05, 4.69) is 4.98 Å². The standard InChI is InChI=1S/C17H18N2O2/c18-15-6-9-19-12-14(15)16(20)17(7-10-21-11-8-17)13-4-2-1-3-5-13/h1-6,9,12H,7-8,10-11H2,(H2,18,19). The van der Waals surface area contributed by atoms with Gasteiger partial charge in [-0.3, -0.25) is 9.78 Å². The van der Waals surface area contributed by atoms with Crippen LogP contribution in [0.3, 0.4) is 0 Å². The van der Waals surface area contributed by atoms with E-state index < -0.39 is 5.41 Å². The number of ketones is 1. The molecule has 0 spiro atoms. The van der Waals surface area contributed by atoms with Crippen molar-refractivity contribution >= 4 is 11.5 Å². The molecule has 2 aromatic rings. The lowest BCUT2D eigenvalue weighted by Crippen LogP contribution is -2.41. The lowest BCUT2D eigenvalue weighted by molar-refractivity contribution is 0.0424. The molecule has 3 rings (SSSR count). The zero-order chi connectivity index (χ0) is 14.7. The topological polar surface area (TPSA) is 65.2 Å². The number of Topliss-reactive ketones (excluding diaryl/α,β-unsaturated/α-hetero) is 1. The van der Waals surface area contributed by atoms with Crippen LogP contribution in [0.1, 0.15) is 28.8 Å². The van der Waals surface area contributed by atoms with Gasteiger partial charge in [-0.15, -0.1) is 0 Å². The fraction of sp³-hybridized carbons (Fsp3) is 0.294. The first-order valence-electron chi connectivity index (χ1n) is 7.12. The molecule has 0 bridgehead atoms. The maximum Gasteiger partial charge on any atom is 0.177 e. The summed E-state index contributed by atoms with van der Waals surface area (Å²) in [7, 11) is 0. The van der Waals surface area contributed by atoms with Gasteiger partial charge in [-0.25, -0.2) is 0 Å². The molecule has 2 N–H and O–H groups in total. The van der Waals surface area contributed by atoms with E-state index in [0.29, 0.717) is 37.3 Å². The maximum absolute atomic E-state index is 13.2. The molecular weight excluding hydrogens is 264 g/mol. The number of benzene rings is 1. The minimum atomic E-state index is -0.559. The molecule has 1 aromatic carbocycles. The molecule has 1 fully saturated rings. The van der Waals surface area contributed by atoms with E-state index in [0.717, 1.165) is 5.56 Å². The summed E-state index contributed by atoms with van der Waals surface area (Å²) < 4.78 is 5.46. The number of nitrogen functional groups attached to an aromatic ring is 1. The van der Waals surface area contributed by atoms with Gasteiger partial charge in [-0.2, -0.15) is 0 Å². The van der Waals surface area contributed by atoms with Crippen LogP contribution in [0, 0.1) is 0 Å². The summed E-state index contributed by atoms with van der Waals surface area (Å²) in [6, 6.07) is 11.6. The van der Waals surface area contributed by atoms with E-state index in [-0.39, 0.29) is 5.78 Å². The fourth-order valence-electron chi connectivity index (χ4n) is 2.98. The molecule has 0 saturated carbocycles. The van der Waals surface area contributed by atoms with Crippen molar-refractivity contribution in [2.75, 3.05) is 18.9 Å². The molecule has 0 amide bonds. The number of rotatable bonds is 3. The quantitative estimate of drug-likeness (QED) is 0.879. The molecule has 1 aliphatic heterocycles. The summed E-state index contributed by atoms with van der Waals surface area (Å²) in [5.74, 6) is 0.0441. The Morgan fingerprint density at radius 1 is 1.14 bits per heavy atom. The van der Waals surface area contributed by atoms with Crippen LogP contribution in [-0.2, 0) is 10.2 Å². The first-order valence-corrected chi connectivity index (χ1v) is 7.12. The average molecular weight is 282 g/mol. The number of nitrogens with two attached hydrogens (primary N) is 1. The van der Waals surface area contributed by atoms with Crippen LogP contribution < -0.4 is 5.73 Å². The summed E-state index contributed by atoms with van der Waals surface area (Å²) >= 11 is 0. The van der Waals surface area contributed by atoms with Gasteiger partial charge in [0.05, 0.1) is 11.0 Å². The van der Waals surface area contributed by atoms with Gasteiger partial charge in [0, 0.05) is 31.3 Å². The number of hydrogen-bond acceptors (Lipinski definition) is 4. The highest BCUT2D eigenvalue weighted by molar-refractivity contribution is 6.07. The highest BCUT2D eigenvalue weighted by atomic mass is 16.5. The Bertz CT molecular complexity index is 634. The number of nitrogens with zero attached hydrogens (tertiary/aromatic N) is 1. The molecule has 1 aromatic heterocycles. The van der Waals surface area contributed by atoms with Crippen LogP contribution in [0.15, 0.2) is 48.8 Å². The number of hydrogen-bond donors (Lipinski definition) is 1. The van der Waals surface area contributed by atoms with Gasteiger partial charge in [0.1, 0.15) is 0 Å². The number of ether oxygens (including phenoxy) is 1. The largest absolute Gasteiger partial charge is 0.398 e. The third-order valence-corrected chi connectivity index (χ3v) is 4.21. The van der Waals surface area contributed by atoms with Gasteiger partial charge in [0.25, 0.3) is 0 Å². The zero-order valence-corrected chi connectivity index (χ0v) is 11.8. The maximum atomic E-state index is 13.2. The number of carbonyl (C=O) groups is 1. The van der Waals surface area contributed by atoms with Crippen molar-refractivity contribution in [3.8, 4) is 0 Å². The molecule has 4 nitrogen and oxygen atoms in total. The van der Waals surface area contributed by atoms with Gasteiger partial charge >= 0.3 is 0 Å². The normalized spacial score (nSPS) is 17.3. The summed E-state index contributed by atoms with van der Waals surface area (Å²) in [4.78, 5) is 17.2. The van der Waals surface area contributed by atoms with Gasteiger partial charge in [0.15, 0.2) is 5.78 Å². The molecule has 0 radical (unpaired) electrons. The van der Waals surface area contributed by atoms with Crippen LogP contribution in [0.25, 0.3) is 0 Å². The van der Waals surface area contributed by atoms with Crippen molar-refractivity contribution in [1.29, 1.82) is 0 Å². The Morgan fingerprint density at radius 2 is 1.86 bits per heavy atom. The zero-order valence-electron chi connectivity index (χ0n) is 11.8. The SMILES string of the molecule is Nc1ccncc1C(=O)C1(c2ccccc2)CCOCC1. The van der Waals surface area contributed by atoms with Crippen LogP contribution in [0.5, 0.6) is 0 Å². The Hall–Kier alpha value is -2.20. The first-order chi connectivity index (χ1) is 10.2. The second kappa shape index (κ2) is 5.66. The number of aromatic nitrogens is 1. The highest BCUT2D eigenvalue weighted by Gasteiger charge is 2.42. The van der Waals surface area contributed by atoms with E-state index in [1.54, 1.807) is 18.5 Å². The molecule has 0 unspecified atom stereocenters. The number of carbonyl (C=O) groups excluding carboxylic acids is 1. The van der Waals surface area contributed by atoms with Crippen molar-refractivity contribution in [2.24, 2.45) is 0 Å². The van der Waals surface area contributed by atoms with Gasteiger partial charge in [-0.05, 0) is 24.5 Å². The van der Waals surface area contributed by atoms with Crippen molar-refractivity contribution in [2.45, 2.75) is 18.3 Å². The molecule has 1 saturated heterocycles. The predicted molar refractivity (Wildman–Crippen MR) is 81.2 cm³/mol. The highest BCUT2D eigenvalue weighted by Crippen LogP contribution is 2.38. The van der Waals surface area contributed by atoms with Crippen molar-refractivity contribution < 1.29 is 9.53 Å². The van der Waals surface area contributed by atoms with Crippen molar-refractivity contribution in [3.05, 3.63) is 59.9 Å². The van der Waals surface area contributed by atoms with E-state index in [1.807, 2.05) is 30.3 Å². The molecule has 21 heavy (non-hydrogen) atoms. The van der Waals surface area contributed by atoms with E-state index in [1.165, 1.54) is 0 Å². The summed E-state index contributed by atoms with van der Waals surface area (Å²) in [6.45, 7) is 1.17. The van der Waals surface area contributed by atoms with Gasteiger partial charge in [-0.1, -0.05) is 30.3 Å². The minimum Gasteiger partial charge on any atom is -0.398 e. The summed E-state index contributed by atoms with van der Waals surface area (Å²) in [6.07, 6.45) is 4.51. The molecule has 108 valence electrons. The molecule has 4 heteroatoms. The van der Waals surface area contributed by atoms with Crippen LogP contribution in [0.4, 0.5) is 5.69 Å². The second-order valence-electron chi connectivity index (χ2n) is 5.35. The van der Waals surface area contributed by atoms with E-state index in [4.69, 9.17) is 10.5 Å². The molecule has 1 aliphatic rings. The van der Waals surface area contributed by atoms with Crippen molar-refractivity contribution in [1.82, 2.24) is 4.98 Å². The molecule has 2 heterocycles. The number of pyridine rings is 1. The lowest BCUT2D eigenvalue weighted by Gasteiger charge is -2.36. The third kappa shape index (κ3) is 2.43. The van der Waals surface area contributed by atoms with E-state index in [9.17, 15) is 4.79 Å². The van der Waals surface area contributed by atoms with E-state index >= 15 is 0 Å².